The van der Waals surface area contributed by atoms with Gasteiger partial charge >= 0.3 is 5.97 Å². The molecule has 0 aromatic heterocycles. The number of aliphatic hydroxyl groups excluding tert-OH is 1. The average Bonchev–Trinajstić information content (AvgIpc) is 2.96. The second kappa shape index (κ2) is 7.66. The summed E-state index contributed by atoms with van der Waals surface area (Å²) in [6.45, 7) is 8.56. The first-order valence-electron chi connectivity index (χ1n) is 8.05. The number of carbonyl (C=O) groups is 1. The molecule has 0 aromatic carbocycles. The van der Waals surface area contributed by atoms with Crippen LogP contribution >= 0.6 is 24.0 Å². The van der Waals surface area contributed by atoms with Gasteiger partial charge in [0, 0.05) is 0 Å². The molecule has 144 valence electrons. The maximum Gasteiger partial charge on any atom is 0.311 e. The van der Waals surface area contributed by atoms with Crippen molar-refractivity contribution in [3.05, 3.63) is 0 Å². The van der Waals surface area contributed by atoms with E-state index < -0.39 is 47.9 Å². The van der Waals surface area contributed by atoms with Crippen molar-refractivity contribution < 1.29 is 33.6 Å². The molecule has 2 fully saturated rings. The van der Waals surface area contributed by atoms with Crippen LogP contribution in [0.5, 0.6) is 0 Å². The van der Waals surface area contributed by atoms with Gasteiger partial charge in [-0.2, -0.15) is 0 Å². The standard InChI is InChI=1S/C16H26O7S2/c1-15(2,3)13(18)19-7-8(17)9-10(21-14(24)25-6)11-12(20-9)23-16(4,5)22-11/h8-12,17H,7H2,1-6H3/t8-,9-,10+,11-,12-/m1/s1. The van der Waals surface area contributed by atoms with Crippen LogP contribution in [-0.2, 0) is 28.5 Å². The van der Waals surface area contributed by atoms with Crippen LogP contribution in [0.15, 0.2) is 0 Å². The van der Waals surface area contributed by atoms with Crippen molar-refractivity contribution in [3.63, 3.8) is 0 Å². The molecular formula is C16H26O7S2. The van der Waals surface area contributed by atoms with Crippen LogP contribution in [0.25, 0.3) is 0 Å². The van der Waals surface area contributed by atoms with Crippen LogP contribution in [0, 0.1) is 5.41 Å². The molecule has 0 amide bonds. The van der Waals surface area contributed by atoms with E-state index in [1.807, 2.05) is 0 Å². The van der Waals surface area contributed by atoms with Gasteiger partial charge in [0.25, 0.3) is 0 Å². The van der Waals surface area contributed by atoms with Crippen molar-refractivity contribution in [1.29, 1.82) is 0 Å². The lowest BCUT2D eigenvalue weighted by atomic mass is 9.97. The van der Waals surface area contributed by atoms with Gasteiger partial charge in [0.2, 0.25) is 4.38 Å². The first-order valence-corrected chi connectivity index (χ1v) is 9.69. The number of hydrogen-bond acceptors (Lipinski definition) is 9. The summed E-state index contributed by atoms with van der Waals surface area (Å²) >= 11 is 6.40. The molecule has 2 saturated heterocycles. The fourth-order valence-electron chi connectivity index (χ4n) is 2.58. The van der Waals surface area contributed by atoms with Gasteiger partial charge in [-0.25, -0.2) is 0 Å². The molecule has 9 heteroatoms. The van der Waals surface area contributed by atoms with E-state index in [1.54, 1.807) is 40.9 Å². The molecule has 7 nitrogen and oxygen atoms in total. The molecule has 0 radical (unpaired) electrons. The van der Waals surface area contributed by atoms with E-state index in [-0.39, 0.29) is 6.61 Å². The Labute approximate surface area is 157 Å². The Morgan fingerprint density at radius 3 is 2.56 bits per heavy atom. The summed E-state index contributed by atoms with van der Waals surface area (Å²) in [6.07, 6.45) is -1.95. The van der Waals surface area contributed by atoms with Gasteiger partial charge in [0.05, 0.1) is 5.41 Å². The van der Waals surface area contributed by atoms with Crippen molar-refractivity contribution in [3.8, 4) is 0 Å². The van der Waals surface area contributed by atoms with Crippen molar-refractivity contribution >= 4 is 34.3 Å². The van der Waals surface area contributed by atoms with E-state index in [4.69, 9.17) is 35.9 Å². The molecule has 0 bridgehead atoms. The van der Waals surface area contributed by atoms with Crippen molar-refractivity contribution in [1.82, 2.24) is 0 Å². The maximum atomic E-state index is 11.9. The van der Waals surface area contributed by atoms with Gasteiger partial charge in [-0.1, -0.05) is 11.8 Å². The van der Waals surface area contributed by atoms with Crippen LogP contribution in [-0.4, -0.2) is 64.8 Å². The number of fused-ring (bicyclic) bond motifs is 1. The highest BCUT2D eigenvalue weighted by Gasteiger charge is 2.58. The van der Waals surface area contributed by atoms with Gasteiger partial charge in [-0.15, -0.1) is 0 Å². The van der Waals surface area contributed by atoms with Crippen LogP contribution in [0.4, 0.5) is 0 Å². The molecule has 0 unspecified atom stereocenters. The summed E-state index contributed by atoms with van der Waals surface area (Å²) < 4.78 is 28.5. The van der Waals surface area contributed by atoms with Crippen LogP contribution in [0.2, 0.25) is 0 Å². The SMILES string of the molecule is CSC(=S)O[C@@H]1[C@H]2OC(C)(C)O[C@H]2O[C@@H]1[C@H](O)COC(=O)C(C)(C)C. The van der Waals surface area contributed by atoms with E-state index in [0.29, 0.717) is 4.38 Å². The van der Waals surface area contributed by atoms with Gasteiger partial charge in [0.15, 0.2) is 24.3 Å². The smallest absolute Gasteiger partial charge is 0.311 e. The fraction of sp³-hybridized carbons (Fsp3) is 0.875. The summed E-state index contributed by atoms with van der Waals surface area (Å²) in [7, 11) is 0. The number of thioether (sulfide) groups is 1. The molecule has 2 rings (SSSR count). The van der Waals surface area contributed by atoms with E-state index in [9.17, 15) is 9.90 Å². The average molecular weight is 395 g/mol. The third kappa shape index (κ3) is 5.05. The predicted octanol–water partition coefficient (Wildman–Crippen LogP) is 1.85. The van der Waals surface area contributed by atoms with Crippen LogP contribution in [0.1, 0.15) is 34.6 Å². The van der Waals surface area contributed by atoms with Crippen molar-refractivity contribution in [2.75, 3.05) is 12.9 Å². The summed E-state index contributed by atoms with van der Waals surface area (Å²) in [5.41, 5.74) is -0.653. The number of hydrogen-bond donors (Lipinski definition) is 1. The molecule has 0 aromatic rings. The number of thiocarbonyl (C=S) groups is 1. The van der Waals surface area contributed by atoms with Gasteiger partial charge in [-0.3, -0.25) is 4.79 Å². The molecule has 0 spiro atoms. The molecule has 0 aliphatic carbocycles. The molecule has 1 N–H and O–H groups in total. The second-order valence-electron chi connectivity index (χ2n) is 7.52. The topological polar surface area (TPSA) is 83.5 Å². The number of carbonyl (C=O) groups excluding carboxylic acids is 1. The zero-order valence-corrected chi connectivity index (χ0v) is 16.9. The quantitative estimate of drug-likeness (QED) is 0.567. The Balaban J connectivity index is 2.05. The summed E-state index contributed by atoms with van der Waals surface area (Å²) in [6, 6.07) is 0. The maximum absolute atomic E-state index is 11.9. The Hall–Kier alpha value is -0.450. The zero-order valence-electron chi connectivity index (χ0n) is 15.3. The molecule has 0 saturated carbocycles. The normalized spacial score (nSPS) is 32.1. The summed E-state index contributed by atoms with van der Waals surface area (Å²) in [5, 5.41) is 10.5. The lowest BCUT2D eigenvalue weighted by molar-refractivity contribution is -0.227. The monoisotopic (exact) mass is 394 g/mol. The fourth-order valence-corrected chi connectivity index (χ4v) is 2.90. The number of ether oxygens (including phenoxy) is 5. The minimum atomic E-state index is -1.10. The molecule has 2 aliphatic heterocycles. The van der Waals surface area contributed by atoms with E-state index in [1.165, 1.54) is 11.8 Å². The summed E-state index contributed by atoms with van der Waals surface area (Å²) in [4.78, 5) is 11.9. The number of esters is 1. The Kier molecular flexibility index (Phi) is 6.39. The molecule has 2 heterocycles. The minimum Gasteiger partial charge on any atom is -0.469 e. The summed E-state index contributed by atoms with van der Waals surface area (Å²) in [5.74, 6) is -1.22. The second-order valence-corrected chi connectivity index (χ2v) is 8.93. The third-order valence-electron chi connectivity index (χ3n) is 3.80. The van der Waals surface area contributed by atoms with Gasteiger partial charge in [-0.05, 0) is 53.1 Å². The highest BCUT2D eigenvalue weighted by Crippen LogP contribution is 2.40. The van der Waals surface area contributed by atoms with Crippen LogP contribution in [0.3, 0.4) is 0 Å². The molecular weight excluding hydrogens is 368 g/mol. The first kappa shape index (κ1) is 20.9. The van der Waals surface area contributed by atoms with Crippen LogP contribution < -0.4 is 0 Å². The predicted molar refractivity (Wildman–Crippen MR) is 96.1 cm³/mol. The van der Waals surface area contributed by atoms with Gasteiger partial charge < -0.3 is 28.8 Å². The van der Waals surface area contributed by atoms with Crippen molar-refractivity contribution in [2.24, 2.45) is 5.41 Å². The van der Waals surface area contributed by atoms with E-state index in [2.05, 4.69) is 0 Å². The van der Waals surface area contributed by atoms with Crippen molar-refractivity contribution in [2.45, 2.75) is 71.1 Å². The number of rotatable bonds is 4. The Bertz CT molecular complexity index is 517. The molecule has 2 aliphatic rings. The Morgan fingerprint density at radius 1 is 1.36 bits per heavy atom. The minimum absolute atomic E-state index is 0.213. The number of aliphatic hydroxyl groups is 1. The highest BCUT2D eigenvalue weighted by molar-refractivity contribution is 8.22. The zero-order chi connectivity index (χ0) is 19.0. The first-order chi connectivity index (χ1) is 11.4. The highest BCUT2D eigenvalue weighted by atomic mass is 32.2. The van der Waals surface area contributed by atoms with E-state index >= 15 is 0 Å². The van der Waals surface area contributed by atoms with Gasteiger partial charge in [0.1, 0.15) is 18.8 Å². The lowest BCUT2D eigenvalue weighted by Gasteiger charge is -2.29. The Morgan fingerprint density at radius 2 is 2.00 bits per heavy atom. The third-order valence-corrected chi connectivity index (χ3v) is 4.83. The lowest BCUT2D eigenvalue weighted by Crippen LogP contribution is -2.45. The molecule has 5 atom stereocenters. The largest absolute Gasteiger partial charge is 0.469 e. The molecule has 25 heavy (non-hydrogen) atoms. The van der Waals surface area contributed by atoms with E-state index in [0.717, 1.165) is 0 Å².